The van der Waals surface area contributed by atoms with Crippen LogP contribution in [0.25, 0.3) is 0 Å². The van der Waals surface area contributed by atoms with Gasteiger partial charge in [-0.1, -0.05) is 41.9 Å². The Morgan fingerprint density at radius 3 is 2.67 bits per heavy atom. The van der Waals surface area contributed by atoms with Crippen LogP contribution in [-0.4, -0.2) is 10.9 Å². The van der Waals surface area contributed by atoms with Gasteiger partial charge in [-0.3, -0.25) is 9.78 Å². The molecule has 0 fully saturated rings. The minimum absolute atomic E-state index is 0.145. The van der Waals surface area contributed by atoms with E-state index in [0.717, 1.165) is 11.3 Å². The van der Waals surface area contributed by atoms with Gasteiger partial charge in [-0.05, 0) is 11.6 Å². The molecule has 0 bridgehead atoms. The van der Waals surface area contributed by atoms with Crippen molar-refractivity contribution in [1.29, 1.82) is 0 Å². The largest absolute Gasteiger partial charge is 0.325 e. The van der Waals surface area contributed by atoms with E-state index in [9.17, 15) is 4.79 Å². The highest BCUT2D eigenvalue weighted by atomic mass is 35.5. The average Bonchev–Trinajstić information content (AvgIpc) is 2.35. The second-order valence-electron chi connectivity index (χ2n) is 3.96. The minimum atomic E-state index is -0.145. The van der Waals surface area contributed by atoms with E-state index in [1.807, 2.05) is 30.3 Å². The van der Waals surface area contributed by atoms with E-state index in [2.05, 4.69) is 10.3 Å². The number of halogens is 1. The maximum atomic E-state index is 11.0. The van der Waals surface area contributed by atoms with E-state index in [-0.39, 0.29) is 5.91 Å². The summed E-state index contributed by atoms with van der Waals surface area (Å²) in [4.78, 5) is 15.3. The number of anilines is 1. The van der Waals surface area contributed by atoms with Crippen molar-refractivity contribution in [3.63, 3.8) is 0 Å². The van der Waals surface area contributed by atoms with E-state index >= 15 is 0 Å². The van der Waals surface area contributed by atoms with Gasteiger partial charge in [0.25, 0.3) is 0 Å². The molecule has 1 aromatic heterocycles. The van der Waals surface area contributed by atoms with Crippen LogP contribution in [0.3, 0.4) is 0 Å². The van der Waals surface area contributed by atoms with E-state index < -0.39 is 0 Å². The third kappa shape index (κ3) is 3.08. The lowest BCUT2D eigenvalue weighted by molar-refractivity contribution is -0.114. The normalized spacial score (nSPS) is 10.1. The predicted molar refractivity (Wildman–Crippen MR) is 72.8 cm³/mol. The highest BCUT2D eigenvalue weighted by Crippen LogP contribution is 2.25. The first-order valence-corrected chi connectivity index (χ1v) is 5.99. The van der Waals surface area contributed by atoms with Crippen LogP contribution in [0.1, 0.15) is 18.2 Å². The summed E-state index contributed by atoms with van der Waals surface area (Å²) in [5.74, 6) is -0.145. The van der Waals surface area contributed by atoms with Crippen LogP contribution in [0.2, 0.25) is 5.02 Å². The second kappa shape index (κ2) is 5.65. The highest BCUT2D eigenvalue weighted by Gasteiger charge is 2.09. The van der Waals surface area contributed by atoms with Gasteiger partial charge in [-0.25, -0.2) is 0 Å². The zero-order chi connectivity index (χ0) is 13.0. The molecule has 0 aliphatic rings. The fourth-order valence-electron chi connectivity index (χ4n) is 1.69. The summed E-state index contributed by atoms with van der Waals surface area (Å²) in [5.41, 5.74) is 2.49. The topological polar surface area (TPSA) is 42.0 Å². The maximum Gasteiger partial charge on any atom is 0.221 e. The molecule has 1 N–H and O–H groups in total. The van der Waals surface area contributed by atoms with Crippen molar-refractivity contribution in [3.05, 3.63) is 58.9 Å². The number of benzene rings is 1. The zero-order valence-electron chi connectivity index (χ0n) is 9.98. The van der Waals surface area contributed by atoms with E-state index in [0.29, 0.717) is 17.1 Å². The number of pyridine rings is 1. The number of nitrogens with zero attached hydrogens (tertiary/aromatic N) is 1. The quantitative estimate of drug-likeness (QED) is 0.920. The molecule has 18 heavy (non-hydrogen) atoms. The molecule has 0 atom stereocenters. The van der Waals surface area contributed by atoms with Crippen molar-refractivity contribution in [2.75, 3.05) is 5.32 Å². The van der Waals surface area contributed by atoms with Crippen molar-refractivity contribution >= 4 is 23.2 Å². The first-order chi connectivity index (χ1) is 8.66. The Balaban J connectivity index is 2.26. The molecule has 0 saturated carbocycles. The molecule has 92 valence electrons. The third-order valence-electron chi connectivity index (χ3n) is 2.49. The summed E-state index contributed by atoms with van der Waals surface area (Å²) in [6, 6.07) is 11.6. The van der Waals surface area contributed by atoms with Gasteiger partial charge in [0.2, 0.25) is 5.91 Å². The van der Waals surface area contributed by atoms with Gasteiger partial charge in [0.05, 0.1) is 16.4 Å². The molecule has 0 saturated heterocycles. The molecule has 2 rings (SSSR count). The van der Waals surface area contributed by atoms with Crippen LogP contribution in [-0.2, 0) is 11.2 Å². The summed E-state index contributed by atoms with van der Waals surface area (Å²) in [5, 5.41) is 3.19. The molecule has 0 aliphatic heterocycles. The van der Waals surface area contributed by atoms with Crippen molar-refractivity contribution in [3.8, 4) is 0 Å². The van der Waals surface area contributed by atoms with Crippen molar-refractivity contribution < 1.29 is 4.79 Å². The van der Waals surface area contributed by atoms with Crippen molar-refractivity contribution in [2.24, 2.45) is 0 Å². The molecule has 1 aromatic carbocycles. The Morgan fingerprint density at radius 2 is 2.00 bits per heavy atom. The average molecular weight is 261 g/mol. The van der Waals surface area contributed by atoms with Crippen LogP contribution in [0.4, 0.5) is 5.69 Å². The van der Waals surface area contributed by atoms with Gasteiger partial charge >= 0.3 is 0 Å². The summed E-state index contributed by atoms with van der Waals surface area (Å²) in [7, 11) is 0. The molecule has 1 heterocycles. The van der Waals surface area contributed by atoms with Crippen LogP contribution < -0.4 is 5.32 Å². The molecule has 0 aliphatic carbocycles. The summed E-state index contributed by atoms with van der Waals surface area (Å²) < 4.78 is 0. The molecular weight excluding hydrogens is 248 g/mol. The van der Waals surface area contributed by atoms with Gasteiger partial charge < -0.3 is 5.32 Å². The number of nitrogens with one attached hydrogen (secondary N) is 1. The fraction of sp³-hybridized carbons (Fsp3) is 0.143. The molecule has 3 nitrogen and oxygen atoms in total. The summed E-state index contributed by atoms with van der Waals surface area (Å²) in [6.07, 6.45) is 2.29. The number of rotatable bonds is 3. The Hall–Kier alpha value is -1.87. The molecule has 0 unspecified atom stereocenters. The number of hydrogen-bond donors (Lipinski definition) is 1. The predicted octanol–water partition coefficient (Wildman–Crippen LogP) is 3.28. The number of hydrogen-bond acceptors (Lipinski definition) is 2. The molecule has 0 radical (unpaired) electrons. The Kier molecular flexibility index (Phi) is 3.95. The van der Waals surface area contributed by atoms with E-state index in [4.69, 9.17) is 11.6 Å². The van der Waals surface area contributed by atoms with Crippen LogP contribution in [0.15, 0.2) is 42.6 Å². The van der Waals surface area contributed by atoms with Crippen molar-refractivity contribution in [2.45, 2.75) is 13.3 Å². The number of amides is 1. The molecule has 0 spiro atoms. The zero-order valence-corrected chi connectivity index (χ0v) is 10.7. The van der Waals surface area contributed by atoms with Gasteiger partial charge in [0.15, 0.2) is 0 Å². The Bertz CT molecular complexity index is 555. The Labute approximate surface area is 111 Å². The first kappa shape index (κ1) is 12.6. The summed E-state index contributed by atoms with van der Waals surface area (Å²) >= 11 is 6.23. The molecule has 4 heteroatoms. The second-order valence-corrected chi connectivity index (χ2v) is 4.34. The maximum absolute atomic E-state index is 11.0. The molecule has 1 amide bonds. The third-order valence-corrected chi connectivity index (χ3v) is 2.91. The summed E-state index contributed by atoms with van der Waals surface area (Å²) in [6.45, 7) is 1.45. The van der Waals surface area contributed by atoms with Gasteiger partial charge in [-0.2, -0.15) is 0 Å². The SMILES string of the molecule is CC(=O)Nc1ccnc(Cc2ccccc2)c1Cl. The number of aromatic nitrogens is 1. The van der Waals surface area contributed by atoms with Crippen LogP contribution in [0.5, 0.6) is 0 Å². The van der Waals surface area contributed by atoms with Gasteiger partial charge in [-0.15, -0.1) is 0 Å². The van der Waals surface area contributed by atoms with Gasteiger partial charge in [0.1, 0.15) is 0 Å². The number of carbonyl (C=O) groups excluding carboxylic acids is 1. The van der Waals surface area contributed by atoms with Gasteiger partial charge in [0, 0.05) is 19.5 Å². The minimum Gasteiger partial charge on any atom is -0.325 e. The Morgan fingerprint density at radius 1 is 1.28 bits per heavy atom. The monoisotopic (exact) mass is 260 g/mol. The van der Waals surface area contributed by atoms with Crippen LogP contribution >= 0.6 is 11.6 Å². The lowest BCUT2D eigenvalue weighted by Gasteiger charge is -2.09. The lowest BCUT2D eigenvalue weighted by Crippen LogP contribution is -2.07. The first-order valence-electron chi connectivity index (χ1n) is 5.61. The van der Waals surface area contributed by atoms with E-state index in [1.54, 1.807) is 12.3 Å². The van der Waals surface area contributed by atoms with Crippen LogP contribution in [0, 0.1) is 0 Å². The fourth-order valence-corrected chi connectivity index (χ4v) is 1.91. The number of carbonyl (C=O) groups is 1. The lowest BCUT2D eigenvalue weighted by atomic mass is 10.1. The van der Waals surface area contributed by atoms with E-state index in [1.165, 1.54) is 6.92 Å². The highest BCUT2D eigenvalue weighted by molar-refractivity contribution is 6.34. The molecular formula is C14H13ClN2O. The van der Waals surface area contributed by atoms with Crippen molar-refractivity contribution in [1.82, 2.24) is 4.98 Å². The molecule has 2 aromatic rings. The smallest absolute Gasteiger partial charge is 0.221 e. The standard InChI is InChI=1S/C14H13ClN2O/c1-10(18)17-12-7-8-16-13(14(12)15)9-11-5-3-2-4-6-11/h2-8H,9H2,1H3,(H,16,17,18).